The number of nitrogens with zero attached hydrogens (tertiary/aromatic N) is 1. The van der Waals surface area contributed by atoms with Gasteiger partial charge >= 0.3 is 5.97 Å². The number of rotatable bonds is 11. The maximum absolute atomic E-state index is 12.6. The second kappa shape index (κ2) is 11.4. The lowest BCUT2D eigenvalue weighted by Gasteiger charge is -2.26. The third-order valence-electron chi connectivity index (χ3n) is 5.01. The van der Waals surface area contributed by atoms with Crippen LogP contribution in [0.25, 0.3) is 0 Å². The van der Waals surface area contributed by atoms with E-state index in [1.807, 2.05) is 13.8 Å². The number of epoxide rings is 1. The molecule has 2 N–H and O–H groups in total. The molecule has 160 valence electrons. The van der Waals surface area contributed by atoms with Crippen molar-refractivity contribution in [2.24, 2.45) is 5.92 Å². The maximum atomic E-state index is 12.6. The van der Waals surface area contributed by atoms with Gasteiger partial charge in [0.2, 0.25) is 5.91 Å². The summed E-state index contributed by atoms with van der Waals surface area (Å²) in [6.07, 6.45) is 3.53. The van der Waals surface area contributed by atoms with Gasteiger partial charge in [-0.3, -0.25) is 9.59 Å². The quantitative estimate of drug-likeness (QED) is 0.304. The highest BCUT2D eigenvalue weighted by Gasteiger charge is 2.52. The number of carbonyl (C=O) groups excluding carboxylic acids is 3. The average Bonchev–Trinajstić information content (AvgIpc) is 3.46. The predicted molar refractivity (Wildman–Crippen MR) is 105 cm³/mol. The van der Waals surface area contributed by atoms with Crippen LogP contribution in [-0.4, -0.2) is 73.7 Å². The molecule has 2 aliphatic rings. The number of piperidine rings is 1. The standard InChI is InChI=1S/C20H35N3O5/c1-4-27-20(26)17-16(28-17)19(25)22-15(13-14(2)3)18(24)21-9-8-12-23-10-6-5-7-11-23/h14-17H,4-13H2,1-3H3,(H,21,24)(H,22,25). The van der Waals surface area contributed by atoms with E-state index >= 15 is 0 Å². The van der Waals surface area contributed by atoms with Crippen molar-refractivity contribution in [2.45, 2.75) is 71.1 Å². The molecule has 2 aliphatic heterocycles. The van der Waals surface area contributed by atoms with Crippen LogP contribution in [0, 0.1) is 5.92 Å². The van der Waals surface area contributed by atoms with Crippen molar-refractivity contribution in [1.29, 1.82) is 0 Å². The van der Waals surface area contributed by atoms with E-state index in [4.69, 9.17) is 9.47 Å². The van der Waals surface area contributed by atoms with Crippen LogP contribution in [0.3, 0.4) is 0 Å². The Morgan fingerprint density at radius 2 is 1.86 bits per heavy atom. The molecule has 2 heterocycles. The number of nitrogens with one attached hydrogen (secondary N) is 2. The van der Waals surface area contributed by atoms with Crippen LogP contribution in [0.2, 0.25) is 0 Å². The average molecular weight is 398 g/mol. The highest BCUT2D eigenvalue weighted by molar-refractivity contribution is 5.95. The molecule has 0 saturated carbocycles. The summed E-state index contributed by atoms with van der Waals surface area (Å²) >= 11 is 0. The summed E-state index contributed by atoms with van der Waals surface area (Å²) in [4.78, 5) is 38.9. The third kappa shape index (κ3) is 7.39. The van der Waals surface area contributed by atoms with Gasteiger partial charge in [0, 0.05) is 6.54 Å². The zero-order valence-electron chi connectivity index (χ0n) is 17.4. The molecule has 0 aliphatic carbocycles. The lowest BCUT2D eigenvalue weighted by Crippen LogP contribution is -2.49. The lowest BCUT2D eigenvalue weighted by molar-refractivity contribution is -0.144. The van der Waals surface area contributed by atoms with Crippen molar-refractivity contribution in [2.75, 3.05) is 32.8 Å². The van der Waals surface area contributed by atoms with E-state index < -0.39 is 30.1 Å². The van der Waals surface area contributed by atoms with Crippen LogP contribution in [0.1, 0.15) is 52.9 Å². The summed E-state index contributed by atoms with van der Waals surface area (Å²) in [6.45, 7) is 9.79. The molecule has 0 spiro atoms. The number of hydrogen-bond donors (Lipinski definition) is 2. The molecule has 2 saturated heterocycles. The molecule has 8 nitrogen and oxygen atoms in total. The fraction of sp³-hybridized carbons (Fsp3) is 0.850. The minimum atomic E-state index is -0.861. The van der Waals surface area contributed by atoms with E-state index in [0.29, 0.717) is 13.0 Å². The summed E-state index contributed by atoms with van der Waals surface area (Å²) in [5.41, 5.74) is 0. The fourth-order valence-corrected chi connectivity index (χ4v) is 3.49. The summed E-state index contributed by atoms with van der Waals surface area (Å²) in [6, 6.07) is -0.630. The van der Waals surface area contributed by atoms with E-state index in [9.17, 15) is 14.4 Å². The normalized spacial score (nSPS) is 23.1. The van der Waals surface area contributed by atoms with Crippen molar-refractivity contribution in [3.63, 3.8) is 0 Å². The van der Waals surface area contributed by atoms with Gasteiger partial charge in [-0.1, -0.05) is 20.3 Å². The van der Waals surface area contributed by atoms with E-state index in [1.54, 1.807) is 6.92 Å². The van der Waals surface area contributed by atoms with E-state index in [-0.39, 0.29) is 18.4 Å². The third-order valence-corrected chi connectivity index (χ3v) is 5.01. The van der Waals surface area contributed by atoms with Gasteiger partial charge in [-0.15, -0.1) is 0 Å². The number of esters is 1. The highest BCUT2D eigenvalue weighted by Crippen LogP contribution is 2.24. The predicted octanol–water partition coefficient (Wildman–Crippen LogP) is 0.840. The monoisotopic (exact) mass is 397 g/mol. The van der Waals surface area contributed by atoms with Crippen LogP contribution >= 0.6 is 0 Å². The van der Waals surface area contributed by atoms with Gasteiger partial charge in [0.15, 0.2) is 12.2 Å². The summed E-state index contributed by atoms with van der Waals surface area (Å²) < 4.78 is 9.97. The summed E-state index contributed by atoms with van der Waals surface area (Å²) in [7, 11) is 0. The van der Waals surface area contributed by atoms with Crippen molar-refractivity contribution in [3.8, 4) is 0 Å². The van der Waals surface area contributed by atoms with Crippen LogP contribution in [0.4, 0.5) is 0 Å². The van der Waals surface area contributed by atoms with Gasteiger partial charge in [-0.2, -0.15) is 0 Å². The molecule has 0 bridgehead atoms. The van der Waals surface area contributed by atoms with Crippen LogP contribution in [0.5, 0.6) is 0 Å². The molecule has 2 fully saturated rings. The second-order valence-electron chi connectivity index (χ2n) is 7.97. The minimum absolute atomic E-state index is 0.186. The second-order valence-corrected chi connectivity index (χ2v) is 7.97. The molecule has 3 unspecified atom stereocenters. The highest BCUT2D eigenvalue weighted by atomic mass is 16.6. The van der Waals surface area contributed by atoms with Gasteiger partial charge in [0.1, 0.15) is 6.04 Å². The van der Waals surface area contributed by atoms with Gasteiger partial charge in [-0.25, -0.2) is 4.79 Å². The maximum Gasteiger partial charge on any atom is 0.338 e. The number of ether oxygens (including phenoxy) is 2. The number of carbonyl (C=O) groups is 3. The Morgan fingerprint density at radius 3 is 2.50 bits per heavy atom. The number of hydrogen-bond acceptors (Lipinski definition) is 6. The smallest absolute Gasteiger partial charge is 0.338 e. The zero-order valence-corrected chi connectivity index (χ0v) is 17.4. The van der Waals surface area contributed by atoms with E-state index in [0.717, 1.165) is 26.1 Å². The van der Waals surface area contributed by atoms with Crippen LogP contribution in [0.15, 0.2) is 0 Å². The van der Waals surface area contributed by atoms with Gasteiger partial charge in [0.05, 0.1) is 6.61 Å². The molecule has 2 rings (SSSR count). The summed E-state index contributed by atoms with van der Waals surface area (Å²) in [5, 5.41) is 5.67. The van der Waals surface area contributed by atoms with E-state index in [1.165, 1.54) is 19.3 Å². The van der Waals surface area contributed by atoms with Gasteiger partial charge in [-0.05, 0) is 58.2 Å². The zero-order chi connectivity index (χ0) is 20.5. The fourth-order valence-electron chi connectivity index (χ4n) is 3.49. The Bertz CT molecular complexity index is 534. The molecule has 3 atom stereocenters. The topological polar surface area (TPSA) is 100 Å². The van der Waals surface area contributed by atoms with Crippen LogP contribution in [-0.2, 0) is 23.9 Å². The first-order valence-corrected chi connectivity index (χ1v) is 10.5. The van der Waals surface area contributed by atoms with Gasteiger partial charge in [0.25, 0.3) is 5.91 Å². The largest absolute Gasteiger partial charge is 0.464 e. The lowest BCUT2D eigenvalue weighted by atomic mass is 10.0. The molecule has 28 heavy (non-hydrogen) atoms. The Labute approximate surface area is 167 Å². The Kier molecular flexibility index (Phi) is 9.18. The summed E-state index contributed by atoms with van der Waals surface area (Å²) in [5.74, 6) is -0.920. The Hall–Kier alpha value is -1.67. The molecule has 0 aromatic heterocycles. The van der Waals surface area contributed by atoms with E-state index in [2.05, 4.69) is 15.5 Å². The molecule has 2 amide bonds. The molecule has 0 aromatic rings. The molecule has 8 heteroatoms. The first kappa shape index (κ1) is 22.6. The van der Waals surface area contributed by atoms with Gasteiger partial charge < -0.3 is 25.0 Å². The van der Waals surface area contributed by atoms with Crippen molar-refractivity contribution in [3.05, 3.63) is 0 Å². The Balaban J connectivity index is 1.74. The Morgan fingerprint density at radius 1 is 1.14 bits per heavy atom. The molecular formula is C20H35N3O5. The minimum Gasteiger partial charge on any atom is -0.464 e. The molecule has 0 radical (unpaired) electrons. The van der Waals surface area contributed by atoms with Crippen molar-refractivity contribution < 1.29 is 23.9 Å². The van der Waals surface area contributed by atoms with Crippen molar-refractivity contribution >= 4 is 17.8 Å². The molecule has 0 aromatic carbocycles. The first-order chi connectivity index (χ1) is 13.4. The first-order valence-electron chi connectivity index (χ1n) is 10.5. The van der Waals surface area contributed by atoms with Crippen molar-refractivity contribution in [1.82, 2.24) is 15.5 Å². The van der Waals surface area contributed by atoms with Crippen LogP contribution < -0.4 is 10.6 Å². The number of amides is 2. The molecular weight excluding hydrogens is 362 g/mol. The SMILES string of the molecule is CCOC(=O)C1OC1C(=O)NC(CC(C)C)C(=O)NCCCN1CCCCC1. The number of likely N-dealkylation sites (tertiary alicyclic amines) is 1.